The van der Waals surface area contributed by atoms with E-state index >= 15 is 0 Å². The van der Waals surface area contributed by atoms with E-state index in [0.717, 1.165) is 23.1 Å². The van der Waals surface area contributed by atoms with E-state index in [4.69, 9.17) is 10.2 Å². The molecule has 1 amide bonds. The molecule has 1 atom stereocenters. The van der Waals surface area contributed by atoms with Crippen LogP contribution in [0.25, 0.3) is 15.9 Å². The first-order valence-electron chi connectivity index (χ1n) is 8.79. The number of aromatic nitrogens is 4. The van der Waals surface area contributed by atoms with E-state index in [-0.39, 0.29) is 32.1 Å². The summed E-state index contributed by atoms with van der Waals surface area (Å²) in [5, 5.41) is 23.6. The third kappa shape index (κ3) is 2.85. The molecular weight excluding hydrogens is 354 g/mol. The molecule has 0 fully saturated rings. The van der Waals surface area contributed by atoms with Crippen LogP contribution in [0.3, 0.4) is 0 Å². The van der Waals surface area contributed by atoms with Crippen LogP contribution >= 0.6 is 11.3 Å². The number of aliphatic hydroxyl groups excluding tert-OH is 2. The molecule has 0 aliphatic heterocycles. The van der Waals surface area contributed by atoms with Gasteiger partial charge in [-0.25, -0.2) is 14.5 Å². The first kappa shape index (κ1) is 17.3. The molecule has 3 heterocycles. The minimum Gasteiger partial charge on any atom is -0.395 e. The fourth-order valence-corrected chi connectivity index (χ4v) is 4.71. The SMILES string of the molecule is C[C@@H]1CCc2sc3ncn4nc(C(=O)N(CCO)CCO)nc4c3c2C1. The zero-order valence-corrected chi connectivity index (χ0v) is 15.4. The third-order valence-electron chi connectivity index (χ3n) is 4.85. The molecule has 0 saturated carbocycles. The Morgan fingerprint density at radius 2 is 2.15 bits per heavy atom. The molecule has 26 heavy (non-hydrogen) atoms. The summed E-state index contributed by atoms with van der Waals surface area (Å²) >= 11 is 1.70. The van der Waals surface area contributed by atoms with Crippen LogP contribution < -0.4 is 0 Å². The van der Waals surface area contributed by atoms with Crippen LogP contribution in [0.2, 0.25) is 0 Å². The van der Waals surface area contributed by atoms with Gasteiger partial charge in [0.05, 0.1) is 18.6 Å². The predicted octanol–water partition coefficient (Wildman–Crippen LogP) is 0.891. The van der Waals surface area contributed by atoms with Crippen molar-refractivity contribution in [1.82, 2.24) is 24.5 Å². The van der Waals surface area contributed by atoms with E-state index in [1.165, 1.54) is 21.8 Å². The maximum atomic E-state index is 12.7. The van der Waals surface area contributed by atoms with E-state index in [1.54, 1.807) is 22.2 Å². The number of fused-ring (bicyclic) bond motifs is 5. The number of carbonyl (C=O) groups excluding carboxylic acids is 1. The maximum absolute atomic E-state index is 12.7. The van der Waals surface area contributed by atoms with Crippen molar-refractivity contribution >= 4 is 33.1 Å². The molecule has 4 rings (SSSR count). The lowest BCUT2D eigenvalue weighted by Gasteiger charge is -2.18. The first-order chi connectivity index (χ1) is 12.6. The molecule has 2 N–H and O–H groups in total. The number of hydrogen-bond acceptors (Lipinski definition) is 7. The molecule has 9 heteroatoms. The molecule has 1 aliphatic carbocycles. The van der Waals surface area contributed by atoms with Crippen molar-refractivity contribution in [3.8, 4) is 0 Å². The van der Waals surface area contributed by atoms with Gasteiger partial charge in [-0.3, -0.25) is 4.79 Å². The lowest BCUT2D eigenvalue weighted by molar-refractivity contribution is 0.0673. The normalized spacial score (nSPS) is 17.0. The Balaban J connectivity index is 1.81. The highest BCUT2D eigenvalue weighted by Crippen LogP contribution is 2.38. The molecule has 0 saturated heterocycles. The van der Waals surface area contributed by atoms with Gasteiger partial charge in [0.1, 0.15) is 11.2 Å². The van der Waals surface area contributed by atoms with Gasteiger partial charge in [0.2, 0.25) is 5.82 Å². The third-order valence-corrected chi connectivity index (χ3v) is 6.05. The maximum Gasteiger partial charge on any atom is 0.293 e. The largest absolute Gasteiger partial charge is 0.395 e. The Morgan fingerprint density at radius 1 is 1.38 bits per heavy atom. The molecule has 0 unspecified atom stereocenters. The summed E-state index contributed by atoms with van der Waals surface area (Å²) in [6, 6.07) is 0. The first-order valence-corrected chi connectivity index (χ1v) is 9.60. The smallest absolute Gasteiger partial charge is 0.293 e. The molecule has 3 aromatic heterocycles. The average Bonchev–Trinajstić information content (AvgIpc) is 3.21. The van der Waals surface area contributed by atoms with Gasteiger partial charge < -0.3 is 15.1 Å². The molecule has 0 radical (unpaired) electrons. The summed E-state index contributed by atoms with van der Waals surface area (Å²) in [6.45, 7) is 2.16. The monoisotopic (exact) mass is 375 g/mol. The van der Waals surface area contributed by atoms with Gasteiger partial charge in [-0.2, -0.15) is 0 Å². The summed E-state index contributed by atoms with van der Waals surface area (Å²) in [5.74, 6) is 0.279. The fraction of sp³-hybridized carbons (Fsp3) is 0.529. The van der Waals surface area contributed by atoms with Crippen LogP contribution in [0.15, 0.2) is 6.33 Å². The zero-order chi connectivity index (χ0) is 18.3. The summed E-state index contributed by atoms with van der Waals surface area (Å²) in [4.78, 5) is 25.3. The molecular formula is C17H21N5O3S. The van der Waals surface area contributed by atoms with Crippen LogP contribution in [0, 0.1) is 5.92 Å². The van der Waals surface area contributed by atoms with Crippen LogP contribution in [-0.2, 0) is 12.8 Å². The highest BCUT2D eigenvalue weighted by atomic mass is 32.1. The molecule has 0 spiro atoms. The minimum atomic E-state index is -0.401. The second-order valence-corrected chi connectivity index (χ2v) is 7.80. The molecule has 0 aromatic carbocycles. The topological polar surface area (TPSA) is 104 Å². The van der Waals surface area contributed by atoms with Crippen molar-refractivity contribution in [1.29, 1.82) is 0 Å². The van der Waals surface area contributed by atoms with Crippen LogP contribution in [0.5, 0.6) is 0 Å². The van der Waals surface area contributed by atoms with Crippen molar-refractivity contribution in [2.75, 3.05) is 26.3 Å². The van der Waals surface area contributed by atoms with Crippen molar-refractivity contribution in [3.63, 3.8) is 0 Å². The van der Waals surface area contributed by atoms with Crippen LogP contribution in [-0.4, -0.2) is 66.9 Å². The standard InChI is InChI=1S/C17H21N5O3S/c1-10-2-3-12-11(8-10)13-15-19-14(17(25)21(4-6-23)5-7-24)20-22(15)9-18-16(13)26-12/h9-10,23-24H,2-8H2,1H3/t10-/m1/s1. The summed E-state index contributed by atoms with van der Waals surface area (Å²) in [6.07, 6.45) is 4.83. The molecule has 138 valence electrons. The van der Waals surface area contributed by atoms with Gasteiger partial charge in [0.15, 0.2) is 5.65 Å². The van der Waals surface area contributed by atoms with Crippen LogP contribution in [0.1, 0.15) is 34.4 Å². The Kier molecular flexibility index (Phi) is 4.60. The fourth-order valence-electron chi connectivity index (χ4n) is 3.53. The lowest BCUT2D eigenvalue weighted by Crippen LogP contribution is -2.36. The van der Waals surface area contributed by atoms with Gasteiger partial charge in [-0.05, 0) is 30.7 Å². The van der Waals surface area contributed by atoms with Crippen LogP contribution in [0.4, 0.5) is 0 Å². The highest BCUT2D eigenvalue weighted by molar-refractivity contribution is 7.19. The number of amides is 1. The second kappa shape index (κ2) is 6.90. The molecule has 1 aliphatic rings. The predicted molar refractivity (Wildman–Crippen MR) is 97.4 cm³/mol. The summed E-state index contributed by atoms with van der Waals surface area (Å²) in [5.41, 5.74) is 1.94. The number of hydrogen-bond donors (Lipinski definition) is 2. The Morgan fingerprint density at radius 3 is 2.88 bits per heavy atom. The van der Waals surface area contributed by atoms with Crippen molar-refractivity contribution < 1.29 is 15.0 Å². The Bertz CT molecular complexity index is 960. The number of nitrogens with zero attached hydrogens (tertiary/aromatic N) is 5. The van der Waals surface area contributed by atoms with E-state index in [1.807, 2.05) is 0 Å². The number of aryl methyl sites for hydroxylation is 1. The van der Waals surface area contributed by atoms with Gasteiger partial charge >= 0.3 is 0 Å². The number of carbonyl (C=O) groups is 1. The number of thiophene rings is 1. The van der Waals surface area contributed by atoms with E-state index in [9.17, 15) is 4.79 Å². The molecule has 0 bridgehead atoms. The van der Waals surface area contributed by atoms with Crippen molar-refractivity contribution in [3.05, 3.63) is 22.6 Å². The summed E-state index contributed by atoms with van der Waals surface area (Å²) < 4.78 is 1.55. The van der Waals surface area contributed by atoms with E-state index < -0.39 is 5.91 Å². The number of rotatable bonds is 5. The quantitative estimate of drug-likeness (QED) is 0.686. The zero-order valence-electron chi connectivity index (χ0n) is 14.6. The second-order valence-electron chi connectivity index (χ2n) is 6.72. The van der Waals surface area contributed by atoms with Gasteiger partial charge in [0.25, 0.3) is 5.91 Å². The Hall–Kier alpha value is -2.10. The van der Waals surface area contributed by atoms with Gasteiger partial charge in [0, 0.05) is 18.0 Å². The molecule has 3 aromatic rings. The van der Waals surface area contributed by atoms with Gasteiger partial charge in [-0.15, -0.1) is 16.4 Å². The minimum absolute atomic E-state index is 0.0602. The summed E-state index contributed by atoms with van der Waals surface area (Å²) in [7, 11) is 0. The van der Waals surface area contributed by atoms with Crippen molar-refractivity contribution in [2.45, 2.75) is 26.2 Å². The number of aliphatic hydroxyl groups is 2. The van der Waals surface area contributed by atoms with Crippen molar-refractivity contribution in [2.24, 2.45) is 5.92 Å². The Labute approximate surface area is 154 Å². The lowest BCUT2D eigenvalue weighted by atomic mass is 9.89. The van der Waals surface area contributed by atoms with E-state index in [2.05, 4.69) is 22.0 Å². The molecule has 8 nitrogen and oxygen atoms in total. The average molecular weight is 375 g/mol. The van der Waals surface area contributed by atoms with Gasteiger partial charge in [-0.1, -0.05) is 6.92 Å². The highest BCUT2D eigenvalue weighted by Gasteiger charge is 2.25. The van der Waals surface area contributed by atoms with E-state index in [0.29, 0.717) is 11.6 Å².